The minimum Gasteiger partial charge on any atom is -0.381 e. The number of nitrogens with zero attached hydrogens (tertiary/aromatic N) is 2. The number of aromatic amines is 1. The molecule has 3 heterocycles. The number of aromatic nitrogens is 3. The monoisotopic (exact) mass is 393 g/mol. The van der Waals surface area contributed by atoms with Crippen molar-refractivity contribution >= 4 is 22.7 Å². The van der Waals surface area contributed by atoms with E-state index >= 15 is 0 Å². The maximum absolute atomic E-state index is 13.1. The summed E-state index contributed by atoms with van der Waals surface area (Å²) >= 11 is 0. The van der Waals surface area contributed by atoms with E-state index < -0.39 is 0 Å². The normalized spacial score (nSPS) is 23.6. The van der Waals surface area contributed by atoms with Gasteiger partial charge in [-0.05, 0) is 24.6 Å². The summed E-state index contributed by atoms with van der Waals surface area (Å²) in [7, 11) is 1.55. The number of H-pyrrole nitrogens is 1. The zero-order valence-corrected chi connectivity index (χ0v) is 16.3. The average Bonchev–Trinajstić information content (AvgIpc) is 3.27. The first-order chi connectivity index (χ1) is 14.1. The molecule has 1 aromatic carbocycles. The zero-order chi connectivity index (χ0) is 20.1. The lowest BCUT2D eigenvalue weighted by Gasteiger charge is -2.17. The Morgan fingerprint density at radius 2 is 2.03 bits per heavy atom. The first-order valence-electron chi connectivity index (χ1n) is 9.84. The van der Waals surface area contributed by atoms with Crippen molar-refractivity contribution in [2.45, 2.75) is 19.0 Å². The molecule has 2 aliphatic rings. The summed E-state index contributed by atoms with van der Waals surface area (Å²) in [5, 5.41) is 11.2. The van der Waals surface area contributed by atoms with Gasteiger partial charge in [0.05, 0.1) is 19.3 Å². The summed E-state index contributed by atoms with van der Waals surface area (Å²) in [5.74, 6) is 0.279. The molecule has 0 radical (unpaired) electrons. The molecule has 1 aliphatic heterocycles. The van der Waals surface area contributed by atoms with Crippen molar-refractivity contribution in [1.82, 2.24) is 25.4 Å². The van der Waals surface area contributed by atoms with E-state index in [-0.39, 0.29) is 29.6 Å². The number of fused-ring (bicyclic) bond motifs is 2. The molecule has 3 N–H and O–H groups in total. The van der Waals surface area contributed by atoms with Gasteiger partial charge in [0.2, 0.25) is 0 Å². The van der Waals surface area contributed by atoms with Gasteiger partial charge in [-0.3, -0.25) is 14.3 Å². The van der Waals surface area contributed by atoms with Crippen LogP contribution in [0, 0.1) is 11.8 Å². The third-order valence-electron chi connectivity index (χ3n) is 6.12. The van der Waals surface area contributed by atoms with Crippen LogP contribution in [-0.2, 0) is 4.74 Å². The van der Waals surface area contributed by atoms with Gasteiger partial charge in [0.25, 0.3) is 11.8 Å². The predicted molar refractivity (Wildman–Crippen MR) is 107 cm³/mol. The Kier molecular flexibility index (Phi) is 4.16. The van der Waals surface area contributed by atoms with Gasteiger partial charge in [0, 0.05) is 48.1 Å². The number of nitrogens with one attached hydrogen (secondary N) is 3. The third-order valence-corrected chi connectivity index (χ3v) is 6.12. The van der Waals surface area contributed by atoms with Gasteiger partial charge in [-0.2, -0.15) is 5.10 Å². The highest BCUT2D eigenvalue weighted by Gasteiger charge is 2.55. The first-order valence-corrected chi connectivity index (χ1v) is 9.84. The molecular weight excluding hydrogens is 370 g/mol. The molecule has 1 aliphatic carbocycles. The smallest absolute Gasteiger partial charge is 0.271 e. The van der Waals surface area contributed by atoms with E-state index in [4.69, 9.17) is 4.74 Å². The van der Waals surface area contributed by atoms with Crippen LogP contribution in [0.3, 0.4) is 0 Å². The second-order valence-electron chi connectivity index (χ2n) is 7.77. The van der Waals surface area contributed by atoms with Crippen LogP contribution in [0.25, 0.3) is 10.9 Å². The largest absolute Gasteiger partial charge is 0.381 e. The van der Waals surface area contributed by atoms with Gasteiger partial charge in [-0.25, -0.2) is 0 Å². The van der Waals surface area contributed by atoms with Crippen molar-refractivity contribution < 1.29 is 14.3 Å². The molecule has 1 saturated heterocycles. The number of carbonyl (C=O) groups excluding carboxylic acids is 2. The van der Waals surface area contributed by atoms with Crippen LogP contribution in [0.5, 0.6) is 0 Å². The molecule has 2 fully saturated rings. The molecule has 0 spiro atoms. The van der Waals surface area contributed by atoms with Crippen LogP contribution in [0.2, 0.25) is 0 Å². The fourth-order valence-electron chi connectivity index (χ4n) is 4.38. The maximum atomic E-state index is 13.1. The number of rotatable bonds is 5. The number of amides is 2. The maximum Gasteiger partial charge on any atom is 0.271 e. The molecule has 1 unspecified atom stereocenters. The van der Waals surface area contributed by atoms with Crippen LogP contribution in [-0.4, -0.2) is 52.9 Å². The Labute approximate surface area is 167 Å². The molecule has 8 nitrogen and oxygen atoms in total. The third kappa shape index (κ3) is 2.91. The van der Waals surface area contributed by atoms with Crippen molar-refractivity contribution in [2.75, 3.05) is 20.3 Å². The van der Waals surface area contributed by atoms with Crippen LogP contribution in [0.15, 0.2) is 36.5 Å². The highest BCUT2D eigenvalue weighted by Crippen LogP contribution is 2.44. The van der Waals surface area contributed by atoms with E-state index in [1.165, 1.54) is 0 Å². The predicted octanol–water partition coefficient (Wildman–Crippen LogP) is 1.71. The SMILES string of the molecule is CNC(=O)c1cc(C(=O)NC2[C@H]3COC[C@@H]23)n([C@@H](C)c2cccc3[nH]ccc23)n1. The molecular formula is C21H23N5O3. The molecule has 5 rings (SSSR count). The molecule has 2 aromatic heterocycles. The van der Waals surface area contributed by atoms with E-state index in [0.29, 0.717) is 30.7 Å². The van der Waals surface area contributed by atoms with Crippen LogP contribution in [0.4, 0.5) is 0 Å². The Hall–Kier alpha value is -3.13. The molecule has 4 atom stereocenters. The highest BCUT2D eigenvalue weighted by atomic mass is 16.5. The topological polar surface area (TPSA) is 101 Å². The van der Waals surface area contributed by atoms with E-state index in [0.717, 1.165) is 16.5 Å². The average molecular weight is 393 g/mol. The molecule has 29 heavy (non-hydrogen) atoms. The van der Waals surface area contributed by atoms with Crippen LogP contribution in [0.1, 0.15) is 39.5 Å². The summed E-state index contributed by atoms with van der Waals surface area (Å²) in [6.07, 6.45) is 1.89. The standard InChI is InChI=1S/C21H23N5O3/c1-11(12-4-3-5-16-13(12)6-7-23-16)26-18(8-17(25-26)20(27)22-2)21(28)24-19-14-9-29-10-15(14)19/h3-8,11,14-15,19,23H,9-10H2,1-2H3,(H,22,27)(H,24,28)/t11-,14-,15+,19?/m0/s1. The minimum atomic E-state index is -0.318. The fraction of sp³-hybridized carbons (Fsp3) is 0.381. The first kappa shape index (κ1) is 17.9. The molecule has 1 saturated carbocycles. The Balaban J connectivity index is 1.50. The van der Waals surface area contributed by atoms with Gasteiger partial charge in [-0.1, -0.05) is 12.1 Å². The van der Waals surface area contributed by atoms with Gasteiger partial charge in [0.15, 0.2) is 5.69 Å². The molecule has 0 bridgehead atoms. The van der Waals surface area contributed by atoms with Crippen molar-refractivity contribution in [3.8, 4) is 0 Å². The van der Waals surface area contributed by atoms with Gasteiger partial charge < -0.3 is 20.4 Å². The van der Waals surface area contributed by atoms with E-state index in [1.54, 1.807) is 17.8 Å². The second kappa shape index (κ2) is 6.73. The number of hydrogen-bond acceptors (Lipinski definition) is 4. The summed E-state index contributed by atoms with van der Waals surface area (Å²) in [5.41, 5.74) is 2.66. The van der Waals surface area contributed by atoms with Gasteiger partial charge >= 0.3 is 0 Å². The lowest BCUT2D eigenvalue weighted by Crippen LogP contribution is -2.32. The summed E-state index contributed by atoms with van der Waals surface area (Å²) < 4.78 is 7.05. The number of ether oxygens (including phenoxy) is 1. The highest BCUT2D eigenvalue weighted by molar-refractivity contribution is 5.98. The van der Waals surface area contributed by atoms with Crippen LogP contribution < -0.4 is 10.6 Å². The molecule has 3 aromatic rings. The van der Waals surface area contributed by atoms with Crippen molar-refractivity contribution in [3.63, 3.8) is 0 Å². The fourth-order valence-corrected chi connectivity index (χ4v) is 4.38. The summed E-state index contributed by atoms with van der Waals surface area (Å²) in [4.78, 5) is 28.5. The quantitative estimate of drug-likeness (QED) is 0.614. The Bertz CT molecular complexity index is 1090. The molecule has 2 amide bonds. The lowest BCUT2D eigenvalue weighted by atomic mass is 10.0. The minimum absolute atomic E-state index is 0.145. The summed E-state index contributed by atoms with van der Waals surface area (Å²) in [6, 6.07) is 9.49. The van der Waals surface area contributed by atoms with Gasteiger partial charge in [0.1, 0.15) is 5.69 Å². The van der Waals surface area contributed by atoms with E-state index in [2.05, 4.69) is 20.7 Å². The Morgan fingerprint density at radius 1 is 1.24 bits per heavy atom. The van der Waals surface area contributed by atoms with Gasteiger partial charge in [-0.15, -0.1) is 0 Å². The molecule has 8 heteroatoms. The second-order valence-corrected chi connectivity index (χ2v) is 7.77. The lowest BCUT2D eigenvalue weighted by molar-refractivity contribution is 0.0915. The van der Waals surface area contributed by atoms with E-state index in [9.17, 15) is 9.59 Å². The van der Waals surface area contributed by atoms with Crippen LogP contribution >= 0.6 is 0 Å². The van der Waals surface area contributed by atoms with Crippen molar-refractivity contribution in [2.24, 2.45) is 11.8 Å². The van der Waals surface area contributed by atoms with E-state index in [1.807, 2.05) is 37.4 Å². The zero-order valence-electron chi connectivity index (χ0n) is 16.3. The summed E-state index contributed by atoms with van der Waals surface area (Å²) in [6.45, 7) is 3.38. The number of hydrogen-bond donors (Lipinski definition) is 3. The van der Waals surface area contributed by atoms with Crippen molar-refractivity contribution in [3.05, 3.63) is 53.5 Å². The molecule has 150 valence electrons. The number of benzene rings is 1. The number of carbonyl (C=O) groups is 2. The van der Waals surface area contributed by atoms with Crippen molar-refractivity contribution in [1.29, 1.82) is 0 Å². The Morgan fingerprint density at radius 3 is 2.79 bits per heavy atom.